The summed E-state index contributed by atoms with van der Waals surface area (Å²) in [5, 5.41) is 3.05. The molecule has 0 aromatic heterocycles. The minimum absolute atomic E-state index is 0.0138. The highest BCUT2D eigenvalue weighted by molar-refractivity contribution is 5.89. The lowest BCUT2D eigenvalue weighted by atomic mass is 9.86. The van der Waals surface area contributed by atoms with E-state index in [0.717, 1.165) is 18.8 Å². The first kappa shape index (κ1) is 17.2. The molecule has 2 aliphatic heterocycles. The van der Waals surface area contributed by atoms with Gasteiger partial charge in [-0.05, 0) is 38.0 Å². The molecule has 1 aliphatic carbocycles. The Kier molecular flexibility index (Phi) is 5.11. The second-order valence-corrected chi connectivity index (χ2v) is 7.88. The molecule has 0 bridgehead atoms. The van der Waals surface area contributed by atoms with Crippen molar-refractivity contribution in [2.45, 2.75) is 64.0 Å². The van der Waals surface area contributed by atoms with E-state index in [2.05, 4.69) is 12.2 Å². The van der Waals surface area contributed by atoms with E-state index in [1.165, 1.54) is 12.8 Å². The van der Waals surface area contributed by atoms with Gasteiger partial charge in [0, 0.05) is 45.1 Å². The minimum Gasteiger partial charge on any atom is -0.351 e. The number of hydrogen-bond donors (Lipinski definition) is 1. The molecule has 134 valence electrons. The lowest BCUT2D eigenvalue weighted by Gasteiger charge is -2.34. The van der Waals surface area contributed by atoms with Crippen molar-refractivity contribution in [2.75, 3.05) is 20.1 Å². The Morgan fingerprint density at radius 1 is 1.04 bits per heavy atom. The molecule has 1 saturated carbocycles. The van der Waals surface area contributed by atoms with Crippen molar-refractivity contribution in [1.29, 1.82) is 0 Å². The number of amides is 3. The fourth-order valence-corrected chi connectivity index (χ4v) is 4.26. The Balaban J connectivity index is 1.51. The van der Waals surface area contributed by atoms with Crippen LogP contribution < -0.4 is 5.32 Å². The Morgan fingerprint density at radius 2 is 1.75 bits per heavy atom. The summed E-state index contributed by atoms with van der Waals surface area (Å²) in [5.74, 6) is 0.756. The third kappa shape index (κ3) is 3.73. The summed E-state index contributed by atoms with van der Waals surface area (Å²) in [7, 11) is 1.77. The number of rotatable bonds is 3. The topological polar surface area (TPSA) is 69.7 Å². The molecule has 0 radical (unpaired) electrons. The first-order chi connectivity index (χ1) is 11.4. The number of hydrogen-bond acceptors (Lipinski definition) is 3. The SMILES string of the molecule is CC1CCC(N2C[C@@H](C(=O)N[C@@H]3CCC(=O)N(C)C3)CC2=O)CC1. The van der Waals surface area contributed by atoms with E-state index in [0.29, 0.717) is 38.4 Å². The second kappa shape index (κ2) is 7.11. The molecule has 3 rings (SSSR count). The van der Waals surface area contributed by atoms with Gasteiger partial charge in [-0.15, -0.1) is 0 Å². The van der Waals surface area contributed by atoms with E-state index in [1.54, 1.807) is 11.9 Å². The van der Waals surface area contributed by atoms with Crippen molar-refractivity contribution < 1.29 is 14.4 Å². The van der Waals surface area contributed by atoms with Gasteiger partial charge in [0.25, 0.3) is 0 Å². The third-order valence-electron chi connectivity index (χ3n) is 5.93. The van der Waals surface area contributed by atoms with Crippen LogP contribution in [0.5, 0.6) is 0 Å². The van der Waals surface area contributed by atoms with Crippen LogP contribution in [0.2, 0.25) is 0 Å². The molecular weight excluding hydrogens is 306 g/mol. The summed E-state index contributed by atoms with van der Waals surface area (Å²) in [6, 6.07) is 0.338. The summed E-state index contributed by atoms with van der Waals surface area (Å²) < 4.78 is 0. The normalized spacial score (nSPS) is 34.6. The zero-order valence-electron chi connectivity index (χ0n) is 14.8. The number of nitrogens with one attached hydrogen (secondary N) is 1. The molecular formula is C18H29N3O3. The van der Waals surface area contributed by atoms with Crippen LogP contribution in [0.3, 0.4) is 0 Å². The fraction of sp³-hybridized carbons (Fsp3) is 0.833. The van der Waals surface area contributed by atoms with Gasteiger partial charge in [0.15, 0.2) is 0 Å². The molecule has 0 aromatic rings. The molecule has 6 heteroatoms. The van der Waals surface area contributed by atoms with E-state index in [-0.39, 0.29) is 29.7 Å². The van der Waals surface area contributed by atoms with Gasteiger partial charge in [-0.25, -0.2) is 0 Å². The van der Waals surface area contributed by atoms with Gasteiger partial charge >= 0.3 is 0 Å². The van der Waals surface area contributed by atoms with E-state index >= 15 is 0 Å². The molecule has 3 aliphatic rings. The van der Waals surface area contributed by atoms with Crippen LogP contribution in [0.1, 0.15) is 51.9 Å². The first-order valence-corrected chi connectivity index (χ1v) is 9.28. The molecule has 2 saturated heterocycles. The number of likely N-dealkylation sites (N-methyl/N-ethyl adjacent to an activating group) is 1. The van der Waals surface area contributed by atoms with Crippen LogP contribution in [0.15, 0.2) is 0 Å². The lowest BCUT2D eigenvalue weighted by Crippen LogP contribution is -2.50. The molecule has 3 amide bonds. The molecule has 0 unspecified atom stereocenters. The average molecular weight is 335 g/mol. The Hall–Kier alpha value is -1.59. The molecule has 2 atom stereocenters. The standard InChI is InChI=1S/C18H29N3O3/c1-12-3-6-15(7-4-12)21-10-13(9-17(21)23)18(24)19-14-5-8-16(22)20(2)11-14/h12-15H,3-11H2,1-2H3,(H,19,24)/t12?,13-,14+,15?/m0/s1. The maximum absolute atomic E-state index is 12.5. The summed E-state index contributed by atoms with van der Waals surface area (Å²) in [4.78, 5) is 40.0. The van der Waals surface area contributed by atoms with Crippen LogP contribution in [0.25, 0.3) is 0 Å². The summed E-state index contributed by atoms with van der Waals surface area (Å²) in [6.07, 6.45) is 5.99. The quantitative estimate of drug-likeness (QED) is 0.841. The molecule has 1 N–H and O–H groups in total. The third-order valence-corrected chi connectivity index (χ3v) is 5.93. The molecule has 3 fully saturated rings. The Bertz CT molecular complexity index is 514. The maximum atomic E-state index is 12.5. The van der Waals surface area contributed by atoms with Crippen molar-refractivity contribution in [3.05, 3.63) is 0 Å². The Morgan fingerprint density at radius 3 is 2.42 bits per heavy atom. The highest BCUT2D eigenvalue weighted by Gasteiger charge is 2.39. The van der Waals surface area contributed by atoms with Crippen molar-refractivity contribution >= 4 is 17.7 Å². The van der Waals surface area contributed by atoms with Crippen LogP contribution in [0, 0.1) is 11.8 Å². The summed E-state index contributed by atoms with van der Waals surface area (Å²) in [6.45, 7) is 3.39. The summed E-state index contributed by atoms with van der Waals surface area (Å²) >= 11 is 0. The van der Waals surface area contributed by atoms with Crippen molar-refractivity contribution in [3.63, 3.8) is 0 Å². The predicted molar refractivity (Wildman–Crippen MR) is 90.0 cm³/mol. The van der Waals surface area contributed by atoms with Crippen LogP contribution in [-0.4, -0.2) is 59.7 Å². The maximum Gasteiger partial charge on any atom is 0.225 e. The first-order valence-electron chi connectivity index (χ1n) is 9.28. The summed E-state index contributed by atoms with van der Waals surface area (Å²) in [5.41, 5.74) is 0. The fourth-order valence-electron chi connectivity index (χ4n) is 4.26. The van der Waals surface area contributed by atoms with E-state index in [4.69, 9.17) is 0 Å². The zero-order valence-corrected chi connectivity index (χ0v) is 14.8. The van der Waals surface area contributed by atoms with Crippen LogP contribution in [0.4, 0.5) is 0 Å². The number of carbonyl (C=O) groups is 3. The number of nitrogens with zero attached hydrogens (tertiary/aromatic N) is 2. The van der Waals surface area contributed by atoms with Gasteiger partial charge in [0.1, 0.15) is 0 Å². The smallest absolute Gasteiger partial charge is 0.225 e. The van der Waals surface area contributed by atoms with Gasteiger partial charge in [0.2, 0.25) is 17.7 Å². The molecule has 0 aromatic carbocycles. The van der Waals surface area contributed by atoms with E-state index in [9.17, 15) is 14.4 Å². The number of piperidine rings is 1. The van der Waals surface area contributed by atoms with E-state index in [1.807, 2.05) is 4.90 Å². The largest absolute Gasteiger partial charge is 0.351 e. The van der Waals surface area contributed by atoms with Gasteiger partial charge in [-0.2, -0.15) is 0 Å². The minimum atomic E-state index is -0.236. The molecule has 6 nitrogen and oxygen atoms in total. The van der Waals surface area contributed by atoms with Gasteiger partial charge in [-0.3, -0.25) is 14.4 Å². The number of likely N-dealkylation sites (tertiary alicyclic amines) is 2. The number of carbonyl (C=O) groups excluding carboxylic acids is 3. The molecule has 2 heterocycles. The predicted octanol–water partition coefficient (Wildman–Crippen LogP) is 1.15. The molecule has 24 heavy (non-hydrogen) atoms. The van der Waals surface area contributed by atoms with Gasteiger partial charge < -0.3 is 15.1 Å². The second-order valence-electron chi connectivity index (χ2n) is 7.88. The van der Waals surface area contributed by atoms with Crippen molar-refractivity contribution in [3.8, 4) is 0 Å². The van der Waals surface area contributed by atoms with E-state index < -0.39 is 0 Å². The van der Waals surface area contributed by atoms with Crippen molar-refractivity contribution in [2.24, 2.45) is 11.8 Å². The van der Waals surface area contributed by atoms with Crippen molar-refractivity contribution in [1.82, 2.24) is 15.1 Å². The highest BCUT2D eigenvalue weighted by atomic mass is 16.2. The highest BCUT2D eigenvalue weighted by Crippen LogP contribution is 2.31. The van der Waals surface area contributed by atoms with Crippen LogP contribution >= 0.6 is 0 Å². The molecule has 0 spiro atoms. The lowest BCUT2D eigenvalue weighted by molar-refractivity contribution is -0.134. The van der Waals surface area contributed by atoms with Crippen LogP contribution in [-0.2, 0) is 14.4 Å². The van der Waals surface area contributed by atoms with Gasteiger partial charge in [-0.1, -0.05) is 6.92 Å². The zero-order chi connectivity index (χ0) is 17.3. The Labute approximate surface area is 143 Å². The van der Waals surface area contributed by atoms with Gasteiger partial charge in [0.05, 0.1) is 5.92 Å². The monoisotopic (exact) mass is 335 g/mol. The average Bonchev–Trinajstić information content (AvgIpc) is 2.94.